The third-order valence-electron chi connectivity index (χ3n) is 3.20. The van der Waals surface area contributed by atoms with Gasteiger partial charge in [-0.2, -0.15) is 4.98 Å². The Hall–Kier alpha value is -1.78. The first-order valence-electron chi connectivity index (χ1n) is 5.95. The van der Waals surface area contributed by atoms with Crippen LogP contribution in [0.4, 0.5) is 0 Å². The fourth-order valence-corrected chi connectivity index (χ4v) is 2.33. The number of nitrogens with zero attached hydrogens (tertiary/aromatic N) is 4. The van der Waals surface area contributed by atoms with Crippen molar-refractivity contribution in [1.82, 2.24) is 19.6 Å². The Balaban J connectivity index is 2.26. The maximum atomic E-state index is 11.9. The second kappa shape index (κ2) is 3.61. The molecule has 1 atom stereocenters. The summed E-state index contributed by atoms with van der Waals surface area (Å²) in [5.74, 6) is 1.91. The van der Waals surface area contributed by atoms with E-state index in [9.17, 15) is 4.79 Å². The fourth-order valence-electron chi connectivity index (χ4n) is 2.33. The predicted molar refractivity (Wildman–Crippen MR) is 62.0 cm³/mol. The first kappa shape index (κ1) is 10.4. The zero-order valence-electron chi connectivity index (χ0n) is 9.97. The molecule has 3 rings (SSSR count). The van der Waals surface area contributed by atoms with E-state index in [4.69, 9.17) is 0 Å². The SMILES string of the molecule is CCc1nc2ncc3c(n2n1)CC(C)CC3=O. The Bertz CT molecular complexity index is 602. The second-order valence-corrected chi connectivity index (χ2v) is 4.65. The Morgan fingerprint density at radius 3 is 3.06 bits per heavy atom. The molecule has 5 heteroatoms. The molecule has 0 saturated heterocycles. The van der Waals surface area contributed by atoms with Gasteiger partial charge in [0.2, 0.25) is 0 Å². The zero-order valence-corrected chi connectivity index (χ0v) is 9.97. The molecular formula is C12H14N4O. The molecule has 0 N–H and O–H groups in total. The molecule has 17 heavy (non-hydrogen) atoms. The average Bonchev–Trinajstić information content (AvgIpc) is 2.72. The predicted octanol–water partition coefficient (Wildman–Crippen LogP) is 1.45. The van der Waals surface area contributed by atoms with Gasteiger partial charge in [-0.25, -0.2) is 9.50 Å². The van der Waals surface area contributed by atoms with Gasteiger partial charge in [0.05, 0.1) is 11.3 Å². The largest absolute Gasteiger partial charge is 0.294 e. The van der Waals surface area contributed by atoms with Crippen LogP contribution in [0.25, 0.3) is 5.78 Å². The molecule has 1 aliphatic rings. The fraction of sp³-hybridized carbons (Fsp3) is 0.500. The molecule has 2 aromatic rings. The molecule has 0 radical (unpaired) electrons. The second-order valence-electron chi connectivity index (χ2n) is 4.65. The van der Waals surface area contributed by atoms with Crippen molar-refractivity contribution in [3.8, 4) is 0 Å². The minimum absolute atomic E-state index is 0.168. The van der Waals surface area contributed by atoms with Gasteiger partial charge in [0.1, 0.15) is 0 Å². The van der Waals surface area contributed by atoms with Crippen LogP contribution in [0.3, 0.4) is 0 Å². The van der Waals surface area contributed by atoms with Gasteiger partial charge < -0.3 is 0 Å². The molecule has 2 heterocycles. The highest BCUT2D eigenvalue weighted by Gasteiger charge is 2.25. The lowest BCUT2D eigenvalue weighted by atomic mass is 9.88. The van der Waals surface area contributed by atoms with Crippen molar-refractivity contribution in [3.63, 3.8) is 0 Å². The molecule has 1 unspecified atom stereocenters. The van der Waals surface area contributed by atoms with Gasteiger partial charge in [0.25, 0.3) is 5.78 Å². The highest BCUT2D eigenvalue weighted by molar-refractivity contribution is 5.98. The minimum Gasteiger partial charge on any atom is -0.294 e. The number of rotatable bonds is 1. The molecule has 1 aliphatic carbocycles. The number of Topliss-reactive ketones (excluding diaryl/α,β-unsaturated/α-hetero) is 1. The van der Waals surface area contributed by atoms with Crippen molar-refractivity contribution in [2.24, 2.45) is 5.92 Å². The van der Waals surface area contributed by atoms with E-state index < -0.39 is 0 Å². The van der Waals surface area contributed by atoms with E-state index >= 15 is 0 Å². The number of hydrogen-bond acceptors (Lipinski definition) is 4. The molecule has 0 aromatic carbocycles. The van der Waals surface area contributed by atoms with Gasteiger partial charge in [-0.3, -0.25) is 4.79 Å². The van der Waals surface area contributed by atoms with E-state index in [1.165, 1.54) is 0 Å². The van der Waals surface area contributed by atoms with Crippen molar-refractivity contribution < 1.29 is 4.79 Å². The summed E-state index contributed by atoms with van der Waals surface area (Å²) in [6, 6.07) is 0. The first-order chi connectivity index (χ1) is 8.19. The molecule has 0 aliphatic heterocycles. The smallest absolute Gasteiger partial charge is 0.252 e. The van der Waals surface area contributed by atoms with Gasteiger partial charge in [0.15, 0.2) is 11.6 Å². The molecule has 0 bridgehead atoms. The first-order valence-corrected chi connectivity index (χ1v) is 5.95. The van der Waals surface area contributed by atoms with Gasteiger partial charge >= 0.3 is 0 Å². The van der Waals surface area contributed by atoms with E-state index in [-0.39, 0.29) is 5.78 Å². The topological polar surface area (TPSA) is 60.1 Å². The molecular weight excluding hydrogens is 216 g/mol. The van der Waals surface area contributed by atoms with E-state index in [1.807, 2.05) is 6.92 Å². The van der Waals surface area contributed by atoms with Crippen LogP contribution in [0, 0.1) is 5.92 Å². The summed E-state index contributed by atoms with van der Waals surface area (Å²) in [7, 11) is 0. The van der Waals surface area contributed by atoms with Crippen molar-refractivity contribution in [3.05, 3.63) is 23.3 Å². The number of aryl methyl sites for hydroxylation is 1. The van der Waals surface area contributed by atoms with E-state index in [0.29, 0.717) is 23.7 Å². The van der Waals surface area contributed by atoms with Crippen molar-refractivity contribution >= 4 is 11.6 Å². The number of carbonyl (C=O) groups excluding carboxylic acids is 1. The molecule has 0 saturated carbocycles. The van der Waals surface area contributed by atoms with Crippen molar-refractivity contribution in [2.75, 3.05) is 0 Å². The van der Waals surface area contributed by atoms with Crippen LogP contribution in [0.5, 0.6) is 0 Å². The lowest BCUT2D eigenvalue weighted by Gasteiger charge is -2.19. The third-order valence-corrected chi connectivity index (χ3v) is 3.20. The summed E-state index contributed by atoms with van der Waals surface area (Å²) in [6.07, 6.45) is 3.90. The molecule has 0 spiro atoms. The van der Waals surface area contributed by atoms with E-state index in [0.717, 1.165) is 24.4 Å². The van der Waals surface area contributed by atoms with Gasteiger partial charge in [-0.1, -0.05) is 13.8 Å². The Morgan fingerprint density at radius 2 is 2.29 bits per heavy atom. The summed E-state index contributed by atoms with van der Waals surface area (Å²) in [4.78, 5) is 20.4. The summed E-state index contributed by atoms with van der Waals surface area (Å²) in [6.45, 7) is 4.10. The van der Waals surface area contributed by atoms with Crippen LogP contribution in [-0.4, -0.2) is 25.4 Å². The monoisotopic (exact) mass is 230 g/mol. The van der Waals surface area contributed by atoms with Gasteiger partial charge in [0, 0.05) is 19.0 Å². The lowest BCUT2D eigenvalue weighted by molar-refractivity contribution is 0.0951. The standard InChI is InChI=1S/C12H14N4O/c1-3-11-14-12-13-6-8-9(16(12)15-11)4-7(2)5-10(8)17/h6-7H,3-5H2,1-2H3. The Labute approximate surface area is 98.9 Å². The van der Waals surface area contributed by atoms with E-state index in [2.05, 4.69) is 22.0 Å². The highest BCUT2D eigenvalue weighted by atomic mass is 16.1. The normalized spacial score (nSPS) is 19.6. The number of ketones is 1. The van der Waals surface area contributed by atoms with Crippen molar-refractivity contribution in [2.45, 2.75) is 33.1 Å². The maximum Gasteiger partial charge on any atom is 0.252 e. The Morgan fingerprint density at radius 1 is 1.47 bits per heavy atom. The number of fused-ring (bicyclic) bond motifs is 3. The Kier molecular flexibility index (Phi) is 2.21. The number of aromatic nitrogens is 4. The number of carbonyl (C=O) groups is 1. The molecule has 2 aromatic heterocycles. The van der Waals surface area contributed by atoms with Gasteiger partial charge in [-0.05, 0) is 12.3 Å². The van der Waals surface area contributed by atoms with Crippen LogP contribution >= 0.6 is 0 Å². The van der Waals surface area contributed by atoms with Crippen LogP contribution in [0.2, 0.25) is 0 Å². The van der Waals surface area contributed by atoms with E-state index in [1.54, 1.807) is 10.7 Å². The minimum atomic E-state index is 0.168. The van der Waals surface area contributed by atoms with Crippen LogP contribution in [0.1, 0.15) is 42.1 Å². The van der Waals surface area contributed by atoms with Crippen LogP contribution in [-0.2, 0) is 12.8 Å². The molecule has 0 fully saturated rings. The molecule has 5 nitrogen and oxygen atoms in total. The average molecular weight is 230 g/mol. The third kappa shape index (κ3) is 1.53. The quantitative estimate of drug-likeness (QED) is 0.744. The summed E-state index contributed by atoms with van der Waals surface area (Å²) in [5, 5.41) is 4.40. The van der Waals surface area contributed by atoms with Crippen LogP contribution in [0.15, 0.2) is 6.20 Å². The van der Waals surface area contributed by atoms with Crippen LogP contribution < -0.4 is 0 Å². The summed E-state index contributed by atoms with van der Waals surface area (Å²) >= 11 is 0. The number of hydrogen-bond donors (Lipinski definition) is 0. The lowest BCUT2D eigenvalue weighted by Crippen LogP contribution is -2.21. The summed E-state index contributed by atoms with van der Waals surface area (Å²) in [5.41, 5.74) is 1.68. The molecule has 88 valence electrons. The van der Waals surface area contributed by atoms with Gasteiger partial charge in [-0.15, -0.1) is 5.10 Å². The highest BCUT2D eigenvalue weighted by Crippen LogP contribution is 2.24. The van der Waals surface area contributed by atoms with Crippen molar-refractivity contribution in [1.29, 1.82) is 0 Å². The summed E-state index contributed by atoms with van der Waals surface area (Å²) < 4.78 is 1.74. The maximum absolute atomic E-state index is 11.9. The zero-order chi connectivity index (χ0) is 12.0. The molecule has 0 amide bonds.